The van der Waals surface area contributed by atoms with Gasteiger partial charge < -0.3 is 10.2 Å². The summed E-state index contributed by atoms with van der Waals surface area (Å²) < 4.78 is 43.2. The van der Waals surface area contributed by atoms with Crippen LogP contribution in [0.25, 0.3) is 11.3 Å². The van der Waals surface area contributed by atoms with Crippen molar-refractivity contribution in [3.05, 3.63) is 82.4 Å². The SMILES string of the molecule is Cc1nc(N2CCC2)ccc1Cn1cc(NC(=O)c2cncc(-c3c(C(F)F)ccc(Cl)c3F)n2)cn1. The number of nitrogens with one attached hydrogen (secondary N) is 1. The minimum absolute atomic E-state index is 0.188. The number of benzene rings is 1. The highest BCUT2D eigenvalue weighted by Crippen LogP contribution is 2.35. The zero-order valence-electron chi connectivity index (χ0n) is 19.6. The first-order valence-corrected chi connectivity index (χ1v) is 11.8. The monoisotopic (exact) mass is 527 g/mol. The summed E-state index contributed by atoms with van der Waals surface area (Å²) in [7, 11) is 0. The van der Waals surface area contributed by atoms with Crippen molar-refractivity contribution in [1.29, 1.82) is 0 Å². The fourth-order valence-electron chi connectivity index (χ4n) is 3.95. The molecule has 0 spiro atoms. The molecule has 0 atom stereocenters. The molecule has 4 heterocycles. The van der Waals surface area contributed by atoms with Gasteiger partial charge in [-0.1, -0.05) is 23.7 Å². The van der Waals surface area contributed by atoms with E-state index < -0.39 is 29.3 Å². The number of alkyl halides is 2. The van der Waals surface area contributed by atoms with Gasteiger partial charge in [-0.3, -0.25) is 14.5 Å². The molecule has 0 aliphatic carbocycles. The number of anilines is 2. The van der Waals surface area contributed by atoms with Crippen LogP contribution in [0, 0.1) is 12.7 Å². The van der Waals surface area contributed by atoms with Gasteiger partial charge in [0.1, 0.15) is 11.5 Å². The Morgan fingerprint density at radius 3 is 2.65 bits per heavy atom. The number of carbonyl (C=O) groups excluding carboxylic acids is 1. The number of aryl methyl sites for hydroxylation is 1. The van der Waals surface area contributed by atoms with Crippen molar-refractivity contribution < 1.29 is 18.0 Å². The molecule has 1 aliphatic rings. The molecule has 1 aliphatic heterocycles. The molecule has 0 bridgehead atoms. The predicted octanol–water partition coefficient (Wildman–Crippen LogP) is 5.28. The molecule has 1 saturated heterocycles. The van der Waals surface area contributed by atoms with Crippen molar-refractivity contribution in [2.75, 3.05) is 23.3 Å². The van der Waals surface area contributed by atoms with Crippen molar-refractivity contribution in [3.8, 4) is 11.3 Å². The maximum atomic E-state index is 14.6. The van der Waals surface area contributed by atoms with Crippen LogP contribution in [0.2, 0.25) is 5.02 Å². The zero-order chi connectivity index (χ0) is 26.1. The fraction of sp³-hybridized carbons (Fsp3) is 0.240. The van der Waals surface area contributed by atoms with Gasteiger partial charge in [0, 0.05) is 36.1 Å². The van der Waals surface area contributed by atoms with E-state index in [1.165, 1.54) is 12.6 Å². The third kappa shape index (κ3) is 5.12. The molecular formula is C25H21ClF3N7O. The van der Waals surface area contributed by atoms with Gasteiger partial charge in [0.2, 0.25) is 0 Å². The predicted molar refractivity (Wildman–Crippen MR) is 132 cm³/mol. The summed E-state index contributed by atoms with van der Waals surface area (Å²) in [6.45, 7) is 4.43. The smallest absolute Gasteiger partial charge is 0.275 e. The van der Waals surface area contributed by atoms with Crippen molar-refractivity contribution in [1.82, 2.24) is 24.7 Å². The molecule has 0 saturated carbocycles. The lowest BCUT2D eigenvalue weighted by Crippen LogP contribution is -2.37. The topological polar surface area (TPSA) is 88.8 Å². The highest BCUT2D eigenvalue weighted by atomic mass is 35.5. The minimum Gasteiger partial charge on any atom is -0.356 e. The highest BCUT2D eigenvalue weighted by molar-refractivity contribution is 6.31. The quantitative estimate of drug-likeness (QED) is 0.351. The van der Waals surface area contributed by atoms with E-state index in [9.17, 15) is 18.0 Å². The van der Waals surface area contributed by atoms with Crippen molar-refractivity contribution >= 4 is 29.0 Å². The summed E-state index contributed by atoms with van der Waals surface area (Å²) in [5.41, 5.74) is 0.757. The van der Waals surface area contributed by atoms with Crippen molar-refractivity contribution in [2.24, 2.45) is 0 Å². The molecule has 3 aromatic heterocycles. The Morgan fingerprint density at radius 2 is 1.95 bits per heavy atom. The van der Waals surface area contributed by atoms with Crippen LogP contribution in [0.5, 0.6) is 0 Å². The summed E-state index contributed by atoms with van der Waals surface area (Å²) in [5, 5.41) is 6.58. The third-order valence-electron chi connectivity index (χ3n) is 6.07. The van der Waals surface area contributed by atoms with Crippen LogP contribution in [0.1, 0.15) is 40.2 Å². The van der Waals surface area contributed by atoms with Gasteiger partial charge in [0.05, 0.1) is 41.5 Å². The molecule has 12 heteroatoms. The van der Waals surface area contributed by atoms with Crippen LogP contribution in [0.15, 0.2) is 49.1 Å². The van der Waals surface area contributed by atoms with Gasteiger partial charge in [-0.15, -0.1) is 0 Å². The van der Waals surface area contributed by atoms with Crippen molar-refractivity contribution in [3.63, 3.8) is 0 Å². The standard InChI is InChI=1S/C25H21ClF3N7O/c1-14-15(3-6-21(32-14)35-7-2-8-35)12-36-13-16(9-31-36)33-25(37)20-11-30-10-19(34-20)22-17(24(28)29)4-5-18(26)23(22)27/h3-6,9-11,13,24H,2,7-8,12H2,1H3,(H,33,37). The van der Waals surface area contributed by atoms with Gasteiger partial charge in [0.25, 0.3) is 12.3 Å². The minimum atomic E-state index is -2.97. The van der Waals surface area contributed by atoms with Gasteiger partial charge in [-0.05, 0) is 31.0 Å². The molecule has 4 aromatic rings. The molecule has 8 nitrogen and oxygen atoms in total. The van der Waals surface area contributed by atoms with Gasteiger partial charge in [-0.2, -0.15) is 5.10 Å². The normalized spacial score (nSPS) is 13.1. The van der Waals surface area contributed by atoms with Gasteiger partial charge in [0.15, 0.2) is 5.82 Å². The molecule has 0 unspecified atom stereocenters. The number of halogens is 4. The Kier molecular flexibility index (Phi) is 6.79. The number of hydrogen-bond acceptors (Lipinski definition) is 6. The Labute approximate surface area is 215 Å². The first-order chi connectivity index (χ1) is 17.8. The van der Waals surface area contributed by atoms with Crippen LogP contribution in [-0.4, -0.2) is 43.7 Å². The highest BCUT2D eigenvalue weighted by Gasteiger charge is 2.23. The molecule has 37 heavy (non-hydrogen) atoms. The van der Waals surface area contributed by atoms with E-state index in [2.05, 4.69) is 30.3 Å². The summed E-state index contributed by atoms with van der Waals surface area (Å²) in [6.07, 6.45) is 3.56. The number of aromatic nitrogens is 5. The second kappa shape index (κ2) is 10.2. The average Bonchev–Trinajstić information content (AvgIpc) is 3.28. The number of amides is 1. The molecule has 1 N–H and O–H groups in total. The van der Waals surface area contributed by atoms with Crippen LogP contribution in [0.3, 0.4) is 0 Å². The number of carbonyl (C=O) groups is 1. The second-order valence-corrected chi connectivity index (χ2v) is 8.96. The summed E-state index contributed by atoms with van der Waals surface area (Å²) >= 11 is 5.79. The number of rotatable bonds is 7. The molecule has 0 radical (unpaired) electrons. The lowest BCUT2D eigenvalue weighted by Gasteiger charge is -2.32. The fourth-order valence-corrected chi connectivity index (χ4v) is 4.11. The maximum Gasteiger partial charge on any atom is 0.275 e. The van der Waals surface area contributed by atoms with Crippen LogP contribution in [0.4, 0.5) is 24.7 Å². The van der Waals surface area contributed by atoms with E-state index in [1.807, 2.05) is 19.1 Å². The van der Waals surface area contributed by atoms with E-state index in [4.69, 9.17) is 11.6 Å². The Bertz CT molecular complexity index is 1470. The first kappa shape index (κ1) is 24.7. The third-order valence-corrected chi connectivity index (χ3v) is 6.36. The molecule has 1 fully saturated rings. The van der Waals surface area contributed by atoms with Crippen LogP contribution in [-0.2, 0) is 6.54 Å². The molecule has 1 amide bonds. The summed E-state index contributed by atoms with van der Waals surface area (Å²) in [5.74, 6) is -0.760. The van der Waals surface area contributed by atoms with Crippen LogP contribution < -0.4 is 10.2 Å². The largest absolute Gasteiger partial charge is 0.356 e. The van der Waals surface area contributed by atoms with E-state index in [-0.39, 0.29) is 16.4 Å². The van der Waals surface area contributed by atoms with Crippen molar-refractivity contribution in [2.45, 2.75) is 26.3 Å². The summed E-state index contributed by atoms with van der Waals surface area (Å²) in [6, 6.07) is 6.06. The first-order valence-electron chi connectivity index (χ1n) is 11.4. The van der Waals surface area contributed by atoms with E-state index in [1.54, 1.807) is 10.9 Å². The van der Waals surface area contributed by atoms with E-state index in [0.717, 1.165) is 54.7 Å². The number of pyridine rings is 1. The average molecular weight is 528 g/mol. The lowest BCUT2D eigenvalue weighted by molar-refractivity contribution is 0.102. The molecule has 5 rings (SSSR count). The van der Waals surface area contributed by atoms with E-state index >= 15 is 0 Å². The van der Waals surface area contributed by atoms with Gasteiger partial charge >= 0.3 is 0 Å². The lowest BCUT2D eigenvalue weighted by atomic mass is 10.0. The maximum absolute atomic E-state index is 14.6. The van der Waals surface area contributed by atoms with E-state index in [0.29, 0.717) is 12.2 Å². The number of hydrogen-bond donors (Lipinski definition) is 1. The Morgan fingerprint density at radius 1 is 1.14 bits per heavy atom. The second-order valence-electron chi connectivity index (χ2n) is 8.55. The zero-order valence-corrected chi connectivity index (χ0v) is 20.4. The molecule has 1 aromatic carbocycles. The number of nitrogens with zero attached hydrogens (tertiary/aromatic N) is 6. The van der Waals surface area contributed by atoms with Gasteiger partial charge in [-0.25, -0.2) is 23.1 Å². The Balaban J connectivity index is 1.31. The summed E-state index contributed by atoms with van der Waals surface area (Å²) in [4.78, 5) is 27.6. The molecular weight excluding hydrogens is 507 g/mol. The van der Waals surface area contributed by atoms with Crippen LogP contribution >= 0.6 is 11.6 Å². The molecule has 190 valence electrons. The Hall–Kier alpha value is -3.99.